The van der Waals surface area contributed by atoms with Gasteiger partial charge in [0.05, 0.1) is 47.0 Å². The molecule has 0 bridgehead atoms. The Labute approximate surface area is 273 Å². The first-order chi connectivity index (χ1) is 21.8. The van der Waals surface area contributed by atoms with Crippen molar-refractivity contribution >= 4 is 18.0 Å². The Hall–Kier alpha value is -4.00. The number of benzene rings is 3. The molecule has 242 valence electrons. The van der Waals surface area contributed by atoms with Crippen molar-refractivity contribution in [3.8, 4) is 34.8 Å². The molecule has 45 heavy (non-hydrogen) atoms. The summed E-state index contributed by atoms with van der Waals surface area (Å²) in [7, 11) is 10.2. The highest BCUT2D eigenvalue weighted by Crippen LogP contribution is 2.45. The number of hydrogen-bond donors (Lipinski definition) is 1. The molecule has 0 saturated carbocycles. The number of methoxy groups -OCH3 is 5. The number of likely N-dealkylation sites (N-methyl/N-ethyl adjacent to an activating group) is 1. The number of nitriles is 1. The normalized spacial score (nSPS) is 13.0. The molecule has 0 aliphatic carbocycles. The van der Waals surface area contributed by atoms with Gasteiger partial charge in [-0.05, 0) is 104 Å². The minimum atomic E-state index is -0.670. The van der Waals surface area contributed by atoms with Gasteiger partial charge in [0.2, 0.25) is 5.75 Å². The molecular weight excluding hydrogens is 586 g/mol. The summed E-state index contributed by atoms with van der Waals surface area (Å²) >= 11 is 1.65. The average Bonchev–Trinajstić information content (AvgIpc) is 3.08. The van der Waals surface area contributed by atoms with Crippen molar-refractivity contribution in [1.82, 2.24) is 9.62 Å². The van der Waals surface area contributed by atoms with E-state index in [0.717, 1.165) is 49.4 Å². The van der Waals surface area contributed by atoms with Crippen LogP contribution in [0.3, 0.4) is 0 Å². The van der Waals surface area contributed by atoms with Gasteiger partial charge in [-0.3, -0.25) is 0 Å². The van der Waals surface area contributed by atoms with Gasteiger partial charge in [-0.2, -0.15) is 5.26 Å². The Morgan fingerprint density at radius 3 is 2.09 bits per heavy atom. The molecule has 1 unspecified atom stereocenters. The van der Waals surface area contributed by atoms with E-state index >= 15 is 0 Å². The van der Waals surface area contributed by atoms with E-state index in [-0.39, 0.29) is 5.92 Å². The first-order valence-corrected chi connectivity index (χ1v) is 15.9. The average molecular weight is 634 g/mol. The van der Waals surface area contributed by atoms with Crippen molar-refractivity contribution in [1.29, 1.82) is 5.26 Å². The largest absolute Gasteiger partial charge is 0.493 e. The minimum absolute atomic E-state index is 0.104. The van der Waals surface area contributed by atoms with E-state index in [2.05, 4.69) is 66.9 Å². The zero-order valence-corrected chi connectivity index (χ0v) is 28.6. The second-order valence-corrected chi connectivity index (χ2v) is 12.0. The van der Waals surface area contributed by atoms with Crippen molar-refractivity contribution in [3.63, 3.8) is 0 Å². The van der Waals surface area contributed by atoms with Crippen LogP contribution < -0.4 is 28.4 Å². The molecule has 3 aromatic carbocycles. The lowest BCUT2D eigenvalue weighted by molar-refractivity contribution is 0.290. The number of nitrogens with zero attached hydrogens (tertiary/aromatic N) is 2. The highest BCUT2D eigenvalue weighted by molar-refractivity contribution is 7.97. The lowest BCUT2D eigenvalue weighted by Gasteiger charge is -2.33. The predicted molar refractivity (Wildman–Crippen MR) is 183 cm³/mol. The van der Waals surface area contributed by atoms with Crippen molar-refractivity contribution in [2.24, 2.45) is 5.92 Å². The zero-order chi connectivity index (χ0) is 32.8. The SMILES string of the molecule is C1=Cc2ccccc2SN1.COc1ccc(CCN(C)CCCC(C#N)(c2cc(OC)c(OC)c(OC)c2)C(C)C)cc1OC. The topological polar surface area (TPSA) is 85.2 Å². The van der Waals surface area contributed by atoms with Crippen LogP contribution in [0.15, 0.2) is 65.7 Å². The highest BCUT2D eigenvalue weighted by Gasteiger charge is 2.37. The number of nitrogens with one attached hydrogen (secondary N) is 1. The predicted octanol–water partition coefficient (Wildman–Crippen LogP) is 7.37. The Morgan fingerprint density at radius 1 is 0.844 bits per heavy atom. The number of rotatable bonds is 14. The third-order valence-corrected chi connectivity index (χ3v) is 8.97. The summed E-state index contributed by atoms with van der Waals surface area (Å²) in [5.41, 5.74) is 2.71. The molecule has 9 heteroatoms. The summed E-state index contributed by atoms with van der Waals surface area (Å²) in [6, 6.07) is 20.8. The van der Waals surface area contributed by atoms with Crippen molar-refractivity contribution in [2.75, 3.05) is 55.7 Å². The maximum Gasteiger partial charge on any atom is 0.203 e. The molecule has 0 saturated heterocycles. The fourth-order valence-corrected chi connectivity index (χ4v) is 6.05. The first kappa shape index (κ1) is 35.5. The van der Waals surface area contributed by atoms with Crippen LogP contribution in [0, 0.1) is 17.2 Å². The summed E-state index contributed by atoms with van der Waals surface area (Å²) in [5.74, 6) is 3.24. The van der Waals surface area contributed by atoms with E-state index in [1.54, 1.807) is 47.5 Å². The van der Waals surface area contributed by atoms with Gasteiger partial charge in [-0.15, -0.1) is 0 Å². The van der Waals surface area contributed by atoms with E-state index in [4.69, 9.17) is 23.7 Å². The molecule has 4 rings (SSSR count). The molecule has 0 radical (unpaired) electrons. The molecule has 0 fully saturated rings. The first-order valence-electron chi connectivity index (χ1n) is 15.1. The van der Waals surface area contributed by atoms with Crippen LogP contribution in [0.1, 0.15) is 43.4 Å². The van der Waals surface area contributed by atoms with Gasteiger partial charge in [-0.1, -0.05) is 38.1 Å². The van der Waals surface area contributed by atoms with Crippen LogP contribution >= 0.6 is 11.9 Å². The summed E-state index contributed by atoms with van der Waals surface area (Å²) in [4.78, 5) is 3.60. The molecule has 8 nitrogen and oxygen atoms in total. The molecule has 1 atom stereocenters. The Kier molecular flexibility index (Phi) is 13.8. The Morgan fingerprint density at radius 2 is 1.51 bits per heavy atom. The van der Waals surface area contributed by atoms with Crippen LogP contribution in [0.4, 0.5) is 0 Å². The summed E-state index contributed by atoms with van der Waals surface area (Å²) < 4.78 is 30.4. The van der Waals surface area contributed by atoms with Gasteiger partial charge in [-0.25, -0.2) is 0 Å². The van der Waals surface area contributed by atoms with Crippen LogP contribution in [-0.2, 0) is 11.8 Å². The van der Waals surface area contributed by atoms with E-state index in [0.29, 0.717) is 17.2 Å². The van der Waals surface area contributed by atoms with E-state index in [9.17, 15) is 5.26 Å². The fourth-order valence-electron chi connectivity index (χ4n) is 5.38. The maximum atomic E-state index is 10.4. The van der Waals surface area contributed by atoms with E-state index < -0.39 is 5.41 Å². The van der Waals surface area contributed by atoms with Gasteiger partial charge < -0.3 is 33.3 Å². The molecule has 1 N–H and O–H groups in total. The minimum Gasteiger partial charge on any atom is -0.493 e. The molecule has 1 aliphatic rings. The highest BCUT2D eigenvalue weighted by atomic mass is 32.2. The van der Waals surface area contributed by atoms with Crippen molar-refractivity contribution in [2.45, 2.75) is 43.4 Å². The van der Waals surface area contributed by atoms with Gasteiger partial charge in [0, 0.05) is 17.6 Å². The molecule has 3 aromatic rings. The van der Waals surface area contributed by atoms with Gasteiger partial charge in [0.15, 0.2) is 23.0 Å². The monoisotopic (exact) mass is 633 g/mol. The zero-order valence-electron chi connectivity index (χ0n) is 27.8. The molecule has 1 heterocycles. The van der Waals surface area contributed by atoms with Gasteiger partial charge in [0.1, 0.15) is 0 Å². The maximum absolute atomic E-state index is 10.4. The fraction of sp³-hybridized carbons (Fsp3) is 0.417. The number of hydrogen-bond acceptors (Lipinski definition) is 9. The quantitative estimate of drug-likeness (QED) is 0.183. The Bertz CT molecular complexity index is 1430. The van der Waals surface area contributed by atoms with Crippen LogP contribution in [0.25, 0.3) is 6.08 Å². The second kappa shape index (κ2) is 17.5. The van der Waals surface area contributed by atoms with Crippen LogP contribution in [0.5, 0.6) is 28.7 Å². The molecular formula is C36H47N3O5S. The lowest BCUT2D eigenvalue weighted by Crippen LogP contribution is -2.32. The van der Waals surface area contributed by atoms with Gasteiger partial charge >= 0.3 is 0 Å². The van der Waals surface area contributed by atoms with Crippen molar-refractivity contribution in [3.05, 3.63) is 77.5 Å². The van der Waals surface area contributed by atoms with Crippen LogP contribution in [0.2, 0.25) is 0 Å². The molecule has 0 spiro atoms. The van der Waals surface area contributed by atoms with Gasteiger partial charge in [0.25, 0.3) is 0 Å². The second-order valence-electron chi connectivity index (χ2n) is 11.1. The molecule has 1 aliphatic heterocycles. The lowest BCUT2D eigenvalue weighted by atomic mass is 9.69. The Balaban J connectivity index is 0.000000460. The molecule has 0 aromatic heterocycles. The smallest absolute Gasteiger partial charge is 0.203 e. The summed E-state index contributed by atoms with van der Waals surface area (Å²) in [6.45, 7) is 5.97. The van der Waals surface area contributed by atoms with E-state index in [1.807, 2.05) is 36.5 Å². The third-order valence-electron chi connectivity index (χ3n) is 8.12. The number of fused-ring (bicyclic) bond motifs is 1. The van der Waals surface area contributed by atoms with Crippen molar-refractivity contribution < 1.29 is 23.7 Å². The third kappa shape index (κ3) is 9.03. The number of ether oxygens (including phenoxy) is 5. The van der Waals surface area contributed by atoms with Crippen LogP contribution in [-0.4, -0.2) is 60.6 Å². The summed E-state index contributed by atoms with van der Waals surface area (Å²) in [5, 5.41) is 10.4. The van der Waals surface area contributed by atoms with E-state index in [1.165, 1.54) is 16.0 Å². The molecule has 0 amide bonds. The standard InChI is InChI=1S/C28H40N2O5.C8H7NS/c1-20(2)28(19-29,22-17-25(33-6)27(35-8)26(18-22)34-7)13-9-14-30(3)15-12-21-10-11-23(31-4)24(16-21)32-5;1-2-4-8-7(3-1)5-6-9-10-8/h10-11,16-18,20H,9,12-15H2,1-8H3;1-6,9H. The summed E-state index contributed by atoms with van der Waals surface area (Å²) in [6.07, 6.45) is 6.53.